The van der Waals surface area contributed by atoms with Gasteiger partial charge >= 0.3 is 5.97 Å². The third kappa shape index (κ3) is 8.25. The van der Waals surface area contributed by atoms with Gasteiger partial charge in [-0.15, -0.1) is 0 Å². The van der Waals surface area contributed by atoms with Crippen LogP contribution < -0.4 is 0 Å². The molecule has 1 aromatic rings. The molecule has 5 nitrogen and oxygen atoms in total. The molecular weight excluding hydrogens is 375 g/mol. The summed E-state index contributed by atoms with van der Waals surface area (Å²) >= 11 is 0. The summed E-state index contributed by atoms with van der Waals surface area (Å²) in [6, 6.07) is 6.02. The average Bonchev–Trinajstić information content (AvgIpc) is 2.94. The van der Waals surface area contributed by atoms with E-state index in [-0.39, 0.29) is 24.1 Å². The third-order valence-corrected chi connectivity index (χ3v) is 5.88. The van der Waals surface area contributed by atoms with Crippen molar-refractivity contribution in [1.82, 2.24) is 0 Å². The fraction of sp³-hybridized carbons (Fsp3) is 0.609. The minimum atomic E-state index is -0.772. The van der Waals surface area contributed by atoms with E-state index in [0.29, 0.717) is 25.7 Å². The zero-order valence-corrected chi connectivity index (χ0v) is 16.8. The Morgan fingerprint density at radius 1 is 1.03 bits per heavy atom. The lowest BCUT2D eigenvalue weighted by Crippen LogP contribution is -2.23. The van der Waals surface area contributed by atoms with Crippen LogP contribution in [0.15, 0.2) is 30.3 Å². The molecule has 0 aromatic heterocycles. The van der Waals surface area contributed by atoms with Crippen molar-refractivity contribution in [3.63, 3.8) is 0 Å². The maximum Gasteiger partial charge on any atom is 0.303 e. The highest BCUT2D eigenvalue weighted by Crippen LogP contribution is 2.39. The first-order chi connectivity index (χ1) is 13.9. The first kappa shape index (κ1) is 23.5. The van der Waals surface area contributed by atoms with Crippen LogP contribution in [0.1, 0.15) is 63.4 Å². The molecule has 0 bridgehead atoms. The Morgan fingerprint density at radius 3 is 2.31 bits per heavy atom. The van der Waals surface area contributed by atoms with E-state index in [2.05, 4.69) is 0 Å². The van der Waals surface area contributed by atoms with Gasteiger partial charge in [-0.05, 0) is 61.6 Å². The summed E-state index contributed by atoms with van der Waals surface area (Å²) in [7, 11) is 0. The molecule has 162 valence electrons. The van der Waals surface area contributed by atoms with Crippen LogP contribution >= 0.6 is 0 Å². The lowest BCUT2D eigenvalue weighted by molar-refractivity contribution is -0.137. The number of aliphatic carboxylic acids is 1. The predicted octanol–water partition coefficient (Wildman–Crippen LogP) is 3.76. The van der Waals surface area contributed by atoms with Gasteiger partial charge in [0.05, 0.1) is 18.3 Å². The number of halogens is 1. The Bertz CT molecular complexity index is 645. The van der Waals surface area contributed by atoms with Gasteiger partial charge in [0.25, 0.3) is 0 Å². The average molecular weight is 409 g/mol. The molecule has 1 aliphatic carbocycles. The van der Waals surface area contributed by atoms with E-state index in [1.54, 1.807) is 24.3 Å². The molecule has 1 aromatic carbocycles. The van der Waals surface area contributed by atoms with E-state index in [1.165, 1.54) is 12.1 Å². The normalized spacial score (nSPS) is 25.5. The number of carbonyl (C=O) groups is 1. The highest BCUT2D eigenvalue weighted by Gasteiger charge is 2.40. The Labute approximate surface area is 171 Å². The molecule has 0 heterocycles. The highest BCUT2D eigenvalue weighted by molar-refractivity contribution is 5.66. The fourth-order valence-electron chi connectivity index (χ4n) is 4.25. The Kier molecular flexibility index (Phi) is 9.78. The summed E-state index contributed by atoms with van der Waals surface area (Å²) in [6.07, 6.45) is 7.48. The van der Waals surface area contributed by atoms with Crippen molar-refractivity contribution in [1.29, 1.82) is 0 Å². The van der Waals surface area contributed by atoms with Crippen LogP contribution in [0.25, 0.3) is 6.08 Å². The molecule has 0 amide bonds. The Balaban J connectivity index is 1.75. The van der Waals surface area contributed by atoms with E-state index < -0.39 is 24.3 Å². The molecule has 4 N–H and O–H groups in total. The van der Waals surface area contributed by atoms with Crippen molar-refractivity contribution in [2.24, 2.45) is 11.8 Å². The summed E-state index contributed by atoms with van der Waals surface area (Å²) < 4.78 is 12.9. The zero-order valence-electron chi connectivity index (χ0n) is 16.8. The van der Waals surface area contributed by atoms with E-state index in [1.807, 2.05) is 0 Å². The van der Waals surface area contributed by atoms with Crippen LogP contribution in [0.3, 0.4) is 0 Å². The second-order valence-corrected chi connectivity index (χ2v) is 8.10. The predicted molar refractivity (Wildman–Crippen MR) is 110 cm³/mol. The number of hydrogen-bond acceptors (Lipinski definition) is 4. The van der Waals surface area contributed by atoms with Crippen LogP contribution in [-0.4, -0.2) is 44.7 Å². The second-order valence-electron chi connectivity index (χ2n) is 8.10. The van der Waals surface area contributed by atoms with Crippen molar-refractivity contribution in [3.8, 4) is 0 Å². The number of benzene rings is 1. The van der Waals surface area contributed by atoms with E-state index in [0.717, 1.165) is 31.2 Å². The van der Waals surface area contributed by atoms with Crippen LogP contribution in [0.5, 0.6) is 0 Å². The number of aliphatic hydroxyl groups is 3. The number of unbranched alkanes of at least 4 members (excludes halogenated alkanes) is 3. The van der Waals surface area contributed by atoms with Gasteiger partial charge < -0.3 is 20.4 Å². The van der Waals surface area contributed by atoms with Crippen LogP contribution in [0.2, 0.25) is 0 Å². The van der Waals surface area contributed by atoms with Gasteiger partial charge in [0.1, 0.15) is 5.82 Å². The molecule has 1 saturated carbocycles. The summed E-state index contributed by atoms with van der Waals surface area (Å²) in [5, 5.41) is 39.5. The number of hydrogen-bond donors (Lipinski definition) is 4. The number of aliphatic hydroxyl groups excluding tert-OH is 3. The van der Waals surface area contributed by atoms with Crippen molar-refractivity contribution in [3.05, 3.63) is 41.7 Å². The van der Waals surface area contributed by atoms with Gasteiger partial charge in [0.15, 0.2) is 0 Å². The van der Waals surface area contributed by atoms with E-state index in [9.17, 15) is 24.5 Å². The molecule has 1 fully saturated rings. The molecule has 0 aliphatic heterocycles. The molecule has 5 atom stereocenters. The molecule has 29 heavy (non-hydrogen) atoms. The molecule has 1 aliphatic rings. The molecule has 6 heteroatoms. The van der Waals surface area contributed by atoms with Crippen molar-refractivity contribution >= 4 is 12.0 Å². The number of carboxylic acid groups (broad SMARTS) is 1. The van der Waals surface area contributed by atoms with Gasteiger partial charge in [0.2, 0.25) is 0 Å². The zero-order chi connectivity index (χ0) is 21.2. The number of carboxylic acids is 1. The lowest BCUT2D eigenvalue weighted by atomic mass is 9.85. The maximum atomic E-state index is 12.9. The van der Waals surface area contributed by atoms with Gasteiger partial charge in [-0.1, -0.05) is 43.5 Å². The van der Waals surface area contributed by atoms with Gasteiger partial charge in [-0.2, -0.15) is 0 Å². The standard InChI is InChI=1S/C23H33FO5/c24-17-10-7-16(8-11-17)9-12-18(25)13-14-20-19(21(26)15-22(20)27)5-3-1-2-4-6-23(28)29/h7-12,18-22,25-27H,1-6,13-15H2,(H,28,29)/b12-9+. The van der Waals surface area contributed by atoms with Gasteiger partial charge in [-0.25, -0.2) is 4.39 Å². The molecule has 0 spiro atoms. The van der Waals surface area contributed by atoms with E-state index >= 15 is 0 Å². The SMILES string of the molecule is O=C(O)CCCCCCC1C(O)CC(O)C1CCC(O)/C=C/c1ccc(F)cc1. The number of rotatable bonds is 12. The van der Waals surface area contributed by atoms with Crippen molar-refractivity contribution in [2.45, 2.75) is 76.1 Å². The first-order valence-corrected chi connectivity index (χ1v) is 10.6. The largest absolute Gasteiger partial charge is 0.481 e. The summed E-state index contributed by atoms with van der Waals surface area (Å²) in [5.41, 5.74) is 0.808. The third-order valence-electron chi connectivity index (χ3n) is 5.88. The topological polar surface area (TPSA) is 98.0 Å². The highest BCUT2D eigenvalue weighted by atomic mass is 19.1. The Hall–Kier alpha value is -1.76. The Morgan fingerprint density at radius 2 is 1.66 bits per heavy atom. The van der Waals surface area contributed by atoms with Gasteiger partial charge in [-0.3, -0.25) is 4.79 Å². The summed E-state index contributed by atoms with van der Waals surface area (Å²) in [6.45, 7) is 0. The fourth-order valence-corrected chi connectivity index (χ4v) is 4.25. The molecule has 0 radical (unpaired) electrons. The van der Waals surface area contributed by atoms with Crippen LogP contribution in [0, 0.1) is 17.7 Å². The monoisotopic (exact) mass is 408 g/mol. The molecule has 0 saturated heterocycles. The first-order valence-electron chi connectivity index (χ1n) is 10.6. The molecule has 2 rings (SSSR count). The summed E-state index contributed by atoms with van der Waals surface area (Å²) in [4.78, 5) is 10.5. The maximum absolute atomic E-state index is 12.9. The van der Waals surface area contributed by atoms with E-state index in [4.69, 9.17) is 5.11 Å². The smallest absolute Gasteiger partial charge is 0.303 e. The van der Waals surface area contributed by atoms with Crippen molar-refractivity contribution in [2.75, 3.05) is 0 Å². The summed E-state index contributed by atoms with van der Waals surface area (Å²) in [5.74, 6) is -1.11. The van der Waals surface area contributed by atoms with Crippen LogP contribution in [0.4, 0.5) is 4.39 Å². The molecule has 5 unspecified atom stereocenters. The second kappa shape index (κ2) is 12.1. The van der Waals surface area contributed by atoms with Crippen LogP contribution in [-0.2, 0) is 4.79 Å². The van der Waals surface area contributed by atoms with Gasteiger partial charge in [0, 0.05) is 6.42 Å². The van der Waals surface area contributed by atoms with Crippen molar-refractivity contribution < 1.29 is 29.6 Å². The minimum Gasteiger partial charge on any atom is -0.481 e. The minimum absolute atomic E-state index is 0.0118. The molecular formula is C23H33FO5. The quantitative estimate of drug-likeness (QED) is 0.395. The lowest BCUT2D eigenvalue weighted by Gasteiger charge is -2.24.